The molecule has 0 aliphatic carbocycles. The van der Waals surface area contributed by atoms with Crippen LogP contribution in [0.15, 0.2) is 0 Å². The Morgan fingerprint density at radius 3 is 2.40 bits per heavy atom. The number of aliphatic hydroxyl groups is 1. The van der Waals surface area contributed by atoms with Gasteiger partial charge in [-0.3, -0.25) is 14.5 Å². The summed E-state index contributed by atoms with van der Waals surface area (Å²) in [5.41, 5.74) is -2.30. The number of nitrogens with zero attached hydrogens (tertiary/aromatic N) is 2. The fourth-order valence-corrected chi connectivity index (χ4v) is 7.03. The van der Waals surface area contributed by atoms with Crippen LogP contribution in [0.25, 0.3) is 0 Å². The van der Waals surface area contributed by atoms with E-state index in [4.69, 9.17) is 18.9 Å². The molecule has 2 N–H and O–H groups in total. The molecule has 0 amide bonds. The minimum absolute atomic E-state index is 0.00549. The molecule has 3 rings (SSSR count). The summed E-state index contributed by atoms with van der Waals surface area (Å²) < 4.78 is 24.8. The molecule has 10 nitrogen and oxygen atoms in total. The average Bonchev–Trinajstić information content (AvgIpc) is 3.41. The number of aliphatic hydroxyl groups excluding tert-OH is 1. The third kappa shape index (κ3) is 7.25. The summed E-state index contributed by atoms with van der Waals surface area (Å²) >= 11 is 0. The number of hydrogen-bond donors (Lipinski definition) is 2. The highest BCUT2D eigenvalue weighted by molar-refractivity contribution is 6.04. The molecule has 232 valence electrons. The zero-order chi connectivity index (χ0) is 30.0. The average molecular weight is 570 g/mol. The largest absolute Gasteiger partial charge is 0.463 e. The number of ether oxygens (including phenoxy) is 4. The van der Waals surface area contributed by atoms with Gasteiger partial charge in [-0.25, -0.2) is 0 Å². The summed E-state index contributed by atoms with van der Waals surface area (Å²) in [6, 6.07) is 0.0480. The van der Waals surface area contributed by atoms with Crippen molar-refractivity contribution in [2.45, 2.75) is 116 Å². The lowest BCUT2D eigenvalue weighted by Gasteiger charge is -2.47. The second-order valence-corrected chi connectivity index (χ2v) is 13.5. The SMILES string of the molecule is CO[C@]1(C)C[C@@H](C)CN(C)C(C2CCCN2)COC(=O)C(C)(C)C(=O)[C@H](C)[C@H]1OC1OC(C)CC(N(C)C)[C@H]1O. The minimum Gasteiger partial charge on any atom is -0.463 e. The molecule has 40 heavy (non-hydrogen) atoms. The molecule has 0 aromatic rings. The number of esters is 1. The van der Waals surface area contributed by atoms with Gasteiger partial charge in [0, 0.05) is 31.7 Å². The van der Waals surface area contributed by atoms with Gasteiger partial charge >= 0.3 is 5.97 Å². The molecule has 3 aliphatic heterocycles. The van der Waals surface area contributed by atoms with Gasteiger partial charge in [-0.15, -0.1) is 0 Å². The molecule has 5 unspecified atom stereocenters. The standard InChI is InChI=1S/C30H55N3O7/c1-18-15-30(6,37-10)26(40-27-24(34)22(32(7)8)14-19(2)39-27)20(3)25(35)29(4,5)28(36)38-17-23(33(9)16-18)21-12-11-13-31-21/h18-24,26-27,31,34H,11-17H2,1-10H3/t18-,19?,20+,21?,22?,23?,24-,26-,27?,30-/m1/s1. The number of cyclic esters (lactones) is 1. The highest BCUT2D eigenvalue weighted by atomic mass is 16.7. The highest BCUT2D eigenvalue weighted by Gasteiger charge is 2.51. The Morgan fingerprint density at radius 2 is 1.82 bits per heavy atom. The molecule has 0 radical (unpaired) electrons. The summed E-state index contributed by atoms with van der Waals surface area (Å²) in [6.45, 7) is 13.0. The smallest absolute Gasteiger partial charge is 0.319 e. The lowest BCUT2D eigenvalue weighted by Crippen LogP contribution is -2.59. The van der Waals surface area contributed by atoms with Crippen molar-refractivity contribution in [1.82, 2.24) is 15.1 Å². The van der Waals surface area contributed by atoms with Crippen molar-refractivity contribution in [2.24, 2.45) is 17.3 Å². The molecule has 10 atom stereocenters. The predicted octanol–water partition coefficient (Wildman–Crippen LogP) is 2.07. The van der Waals surface area contributed by atoms with Crippen LogP contribution in [0.2, 0.25) is 0 Å². The van der Waals surface area contributed by atoms with Crippen LogP contribution in [0.3, 0.4) is 0 Å². The van der Waals surface area contributed by atoms with E-state index in [9.17, 15) is 14.7 Å². The van der Waals surface area contributed by atoms with Gasteiger partial charge in [-0.2, -0.15) is 0 Å². The highest BCUT2D eigenvalue weighted by Crippen LogP contribution is 2.38. The number of methoxy groups -OCH3 is 1. The third-order valence-electron chi connectivity index (χ3n) is 9.49. The maximum atomic E-state index is 14.1. The molecule has 0 spiro atoms. The van der Waals surface area contributed by atoms with Gasteiger partial charge in [0.1, 0.15) is 18.1 Å². The number of carbonyl (C=O) groups is 2. The van der Waals surface area contributed by atoms with Crippen LogP contribution in [0.5, 0.6) is 0 Å². The maximum absolute atomic E-state index is 14.1. The lowest BCUT2D eigenvalue weighted by molar-refractivity contribution is -0.295. The zero-order valence-electron chi connectivity index (χ0n) is 26.4. The summed E-state index contributed by atoms with van der Waals surface area (Å²) in [4.78, 5) is 31.7. The number of ketones is 1. The van der Waals surface area contributed by atoms with Crippen LogP contribution in [-0.4, -0.2) is 123 Å². The monoisotopic (exact) mass is 569 g/mol. The Morgan fingerprint density at radius 1 is 1.15 bits per heavy atom. The number of Topliss-reactive ketones (excluding diaryl/α,β-unsaturated/α-hetero) is 1. The van der Waals surface area contributed by atoms with E-state index in [0.717, 1.165) is 25.9 Å². The molecule has 0 bridgehead atoms. The van der Waals surface area contributed by atoms with Gasteiger partial charge in [-0.1, -0.05) is 13.8 Å². The summed E-state index contributed by atoms with van der Waals surface area (Å²) in [5, 5.41) is 14.8. The molecular formula is C30H55N3O7. The number of hydrogen-bond acceptors (Lipinski definition) is 10. The lowest BCUT2D eigenvalue weighted by atomic mass is 9.74. The van der Waals surface area contributed by atoms with Gasteiger partial charge in [0.15, 0.2) is 12.1 Å². The third-order valence-corrected chi connectivity index (χ3v) is 9.49. The molecule has 10 heteroatoms. The van der Waals surface area contributed by atoms with Crippen molar-refractivity contribution >= 4 is 11.8 Å². The van der Waals surface area contributed by atoms with E-state index < -0.39 is 41.4 Å². The van der Waals surface area contributed by atoms with Crippen molar-refractivity contribution in [3.8, 4) is 0 Å². The molecule has 0 aromatic carbocycles. The van der Waals surface area contributed by atoms with E-state index in [1.807, 2.05) is 32.8 Å². The van der Waals surface area contributed by atoms with E-state index in [-0.39, 0.29) is 42.5 Å². The molecule has 0 saturated carbocycles. The Hall–Kier alpha value is -1.14. The Bertz CT molecular complexity index is 864. The normalized spacial score (nSPS) is 42.6. The van der Waals surface area contributed by atoms with Gasteiger partial charge < -0.3 is 34.3 Å². The van der Waals surface area contributed by atoms with Crippen molar-refractivity contribution in [3.63, 3.8) is 0 Å². The van der Waals surface area contributed by atoms with E-state index >= 15 is 0 Å². The van der Waals surface area contributed by atoms with Gasteiger partial charge in [0.05, 0.1) is 23.9 Å². The molecular weight excluding hydrogens is 514 g/mol. The van der Waals surface area contributed by atoms with Crippen LogP contribution < -0.4 is 5.32 Å². The first-order valence-corrected chi connectivity index (χ1v) is 15.0. The fraction of sp³-hybridized carbons (Fsp3) is 0.933. The summed E-state index contributed by atoms with van der Waals surface area (Å²) in [5.74, 6) is -1.40. The molecule has 3 aliphatic rings. The summed E-state index contributed by atoms with van der Waals surface area (Å²) in [7, 11) is 7.55. The quantitative estimate of drug-likeness (QED) is 0.377. The van der Waals surface area contributed by atoms with Crippen LogP contribution in [-0.2, 0) is 28.5 Å². The predicted molar refractivity (Wildman–Crippen MR) is 153 cm³/mol. The van der Waals surface area contributed by atoms with Crippen LogP contribution in [0.1, 0.15) is 67.2 Å². The number of nitrogens with one attached hydrogen (secondary N) is 1. The van der Waals surface area contributed by atoms with E-state index in [2.05, 4.69) is 24.2 Å². The topological polar surface area (TPSA) is 110 Å². The second-order valence-electron chi connectivity index (χ2n) is 13.5. The molecule has 3 fully saturated rings. The van der Waals surface area contributed by atoms with Crippen LogP contribution in [0.4, 0.5) is 0 Å². The first-order valence-electron chi connectivity index (χ1n) is 15.0. The Kier molecular flexibility index (Phi) is 11.2. The number of carbonyl (C=O) groups excluding carboxylic acids is 2. The van der Waals surface area contributed by atoms with Gasteiger partial charge in [-0.05, 0) is 87.0 Å². The first-order chi connectivity index (χ1) is 18.6. The molecule has 3 saturated heterocycles. The van der Waals surface area contributed by atoms with E-state index in [0.29, 0.717) is 12.8 Å². The Balaban J connectivity index is 1.99. The fourth-order valence-electron chi connectivity index (χ4n) is 7.03. The molecule has 0 aromatic heterocycles. The number of likely N-dealkylation sites (N-methyl/N-ethyl adjacent to an activating group) is 2. The minimum atomic E-state index is -1.40. The first kappa shape index (κ1) is 33.4. The van der Waals surface area contributed by atoms with Crippen molar-refractivity contribution < 1.29 is 33.6 Å². The summed E-state index contributed by atoms with van der Waals surface area (Å²) in [6.07, 6.45) is 0.569. The van der Waals surface area contributed by atoms with E-state index in [1.54, 1.807) is 27.9 Å². The Labute approximate surface area is 241 Å². The van der Waals surface area contributed by atoms with Crippen molar-refractivity contribution in [3.05, 3.63) is 0 Å². The maximum Gasteiger partial charge on any atom is 0.319 e. The zero-order valence-corrected chi connectivity index (χ0v) is 26.4. The van der Waals surface area contributed by atoms with Gasteiger partial charge in [0.2, 0.25) is 0 Å². The molecule has 3 heterocycles. The van der Waals surface area contributed by atoms with Crippen molar-refractivity contribution in [1.29, 1.82) is 0 Å². The van der Waals surface area contributed by atoms with Crippen LogP contribution in [0, 0.1) is 17.3 Å². The van der Waals surface area contributed by atoms with Crippen molar-refractivity contribution in [2.75, 3.05) is 47.9 Å². The second kappa shape index (κ2) is 13.4. The van der Waals surface area contributed by atoms with E-state index in [1.165, 1.54) is 0 Å². The van der Waals surface area contributed by atoms with Crippen LogP contribution >= 0.6 is 0 Å². The number of rotatable bonds is 5. The van der Waals surface area contributed by atoms with Gasteiger partial charge in [0.25, 0.3) is 0 Å².